The van der Waals surface area contributed by atoms with Gasteiger partial charge in [-0.25, -0.2) is 0 Å². The number of rotatable bonds is 5. The Morgan fingerprint density at radius 2 is 2.16 bits per heavy atom. The molecule has 1 unspecified atom stereocenters. The standard InChI is InChI=1S/C14H24N2O3/c1-10-6-8-14(18-3,9-7-10)13-15-12(19-16-13)5-4-11(2)17/h10-11,17H,4-9H2,1-3H3. The van der Waals surface area contributed by atoms with Crippen LogP contribution in [0.3, 0.4) is 0 Å². The number of hydrogen-bond donors (Lipinski definition) is 1. The Hall–Kier alpha value is -0.940. The van der Waals surface area contributed by atoms with Gasteiger partial charge in [-0.2, -0.15) is 4.98 Å². The smallest absolute Gasteiger partial charge is 0.226 e. The predicted molar refractivity (Wildman–Crippen MR) is 70.6 cm³/mol. The molecular formula is C14H24N2O3. The second-order valence-corrected chi connectivity index (χ2v) is 5.78. The van der Waals surface area contributed by atoms with Gasteiger partial charge in [0.05, 0.1) is 6.10 Å². The van der Waals surface area contributed by atoms with E-state index in [1.807, 2.05) is 0 Å². The first kappa shape index (κ1) is 14.5. The molecule has 5 heteroatoms. The number of aliphatic hydroxyl groups excluding tert-OH is 1. The highest BCUT2D eigenvalue weighted by Crippen LogP contribution is 2.40. The van der Waals surface area contributed by atoms with Crippen LogP contribution in [0.15, 0.2) is 4.52 Å². The lowest BCUT2D eigenvalue weighted by Crippen LogP contribution is -2.34. The first-order valence-corrected chi connectivity index (χ1v) is 7.12. The van der Waals surface area contributed by atoms with Crippen molar-refractivity contribution in [1.29, 1.82) is 0 Å². The minimum absolute atomic E-state index is 0.345. The van der Waals surface area contributed by atoms with Crippen molar-refractivity contribution in [2.24, 2.45) is 5.92 Å². The van der Waals surface area contributed by atoms with E-state index in [0.717, 1.165) is 31.6 Å². The summed E-state index contributed by atoms with van der Waals surface area (Å²) in [4.78, 5) is 4.46. The molecule has 108 valence electrons. The molecule has 1 saturated carbocycles. The van der Waals surface area contributed by atoms with Crippen molar-refractivity contribution < 1.29 is 14.4 Å². The van der Waals surface area contributed by atoms with E-state index >= 15 is 0 Å². The van der Waals surface area contributed by atoms with E-state index in [0.29, 0.717) is 24.6 Å². The lowest BCUT2D eigenvalue weighted by atomic mass is 9.79. The minimum Gasteiger partial charge on any atom is -0.393 e. The lowest BCUT2D eigenvalue weighted by Gasteiger charge is -2.35. The average Bonchev–Trinajstić information content (AvgIpc) is 2.87. The van der Waals surface area contributed by atoms with E-state index in [4.69, 9.17) is 9.26 Å². The van der Waals surface area contributed by atoms with Crippen LogP contribution in [0, 0.1) is 5.92 Å². The van der Waals surface area contributed by atoms with Crippen molar-refractivity contribution in [2.45, 2.75) is 64.1 Å². The fraction of sp³-hybridized carbons (Fsp3) is 0.857. The molecule has 1 N–H and O–H groups in total. The summed E-state index contributed by atoms with van der Waals surface area (Å²) in [6.45, 7) is 4.03. The minimum atomic E-state index is -0.376. The maximum absolute atomic E-state index is 9.28. The Bertz CT molecular complexity index is 395. The number of methoxy groups -OCH3 is 1. The molecular weight excluding hydrogens is 244 g/mol. The topological polar surface area (TPSA) is 68.4 Å². The van der Waals surface area contributed by atoms with Crippen LogP contribution in [-0.4, -0.2) is 28.5 Å². The van der Waals surface area contributed by atoms with Gasteiger partial charge in [-0.05, 0) is 44.9 Å². The Morgan fingerprint density at radius 1 is 1.47 bits per heavy atom. The normalized spacial score (nSPS) is 29.4. The molecule has 0 amide bonds. The van der Waals surface area contributed by atoms with Gasteiger partial charge in [0, 0.05) is 13.5 Å². The highest BCUT2D eigenvalue weighted by molar-refractivity contribution is 5.04. The van der Waals surface area contributed by atoms with Gasteiger partial charge in [0.15, 0.2) is 0 Å². The van der Waals surface area contributed by atoms with Crippen LogP contribution in [0.1, 0.15) is 57.7 Å². The molecule has 2 rings (SSSR count). The van der Waals surface area contributed by atoms with Crippen LogP contribution in [0.4, 0.5) is 0 Å². The summed E-state index contributed by atoms with van der Waals surface area (Å²) in [6.07, 6.45) is 5.05. The Balaban J connectivity index is 2.07. The van der Waals surface area contributed by atoms with Crippen LogP contribution >= 0.6 is 0 Å². The Morgan fingerprint density at radius 3 is 2.74 bits per heavy atom. The third-order valence-electron chi connectivity index (χ3n) is 4.12. The monoisotopic (exact) mass is 268 g/mol. The van der Waals surface area contributed by atoms with Gasteiger partial charge < -0.3 is 14.4 Å². The number of aryl methyl sites for hydroxylation is 1. The molecule has 0 aromatic carbocycles. The second-order valence-electron chi connectivity index (χ2n) is 5.78. The zero-order valence-corrected chi connectivity index (χ0v) is 12.1. The summed E-state index contributed by atoms with van der Waals surface area (Å²) in [5, 5.41) is 13.4. The molecule has 0 aliphatic heterocycles. The van der Waals surface area contributed by atoms with Gasteiger partial charge in [-0.1, -0.05) is 12.1 Å². The van der Waals surface area contributed by atoms with Crippen molar-refractivity contribution in [2.75, 3.05) is 7.11 Å². The van der Waals surface area contributed by atoms with E-state index in [-0.39, 0.29) is 11.7 Å². The van der Waals surface area contributed by atoms with Gasteiger partial charge in [-0.15, -0.1) is 0 Å². The third kappa shape index (κ3) is 3.34. The van der Waals surface area contributed by atoms with E-state index in [9.17, 15) is 5.11 Å². The summed E-state index contributed by atoms with van der Waals surface area (Å²) < 4.78 is 11.0. The molecule has 1 aromatic rings. The molecule has 0 saturated heterocycles. The molecule has 1 aromatic heterocycles. The number of aliphatic hydroxyl groups is 1. The van der Waals surface area contributed by atoms with Crippen LogP contribution in [-0.2, 0) is 16.8 Å². The van der Waals surface area contributed by atoms with Gasteiger partial charge in [0.2, 0.25) is 11.7 Å². The average molecular weight is 268 g/mol. The van der Waals surface area contributed by atoms with Gasteiger partial charge >= 0.3 is 0 Å². The van der Waals surface area contributed by atoms with Gasteiger partial charge in [-0.3, -0.25) is 0 Å². The molecule has 1 aliphatic rings. The van der Waals surface area contributed by atoms with Crippen molar-refractivity contribution in [3.05, 3.63) is 11.7 Å². The maximum atomic E-state index is 9.28. The highest BCUT2D eigenvalue weighted by Gasteiger charge is 2.40. The van der Waals surface area contributed by atoms with Crippen molar-refractivity contribution >= 4 is 0 Å². The summed E-state index contributed by atoms with van der Waals surface area (Å²) in [6, 6.07) is 0. The predicted octanol–water partition coefficient (Wildman–Crippen LogP) is 2.43. The van der Waals surface area contributed by atoms with E-state index in [1.54, 1.807) is 14.0 Å². The van der Waals surface area contributed by atoms with Crippen molar-refractivity contribution in [3.63, 3.8) is 0 Å². The molecule has 0 radical (unpaired) electrons. The Labute approximate surface area is 114 Å². The van der Waals surface area contributed by atoms with E-state index < -0.39 is 0 Å². The molecule has 1 heterocycles. The van der Waals surface area contributed by atoms with Gasteiger partial charge in [0.25, 0.3) is 0 Å². The number of hydrogen-bond acceptors (Lipinski definition) is 5. The zero-order chi connectivity index (χ0) is 13.9. The second kappa shape index (κ2) is 6.01. The van der Waals surface area contributed by atoms with Crippen molar-refractivity contribution in [3.8, 4) is 0 Å². The summed E-state index contributed by atoms with van der Waals surface area (Å²) >= 11 is 0. The van der Waals surface area contributed by atoms with Crippen LogP contribution < -0.4 is 0 Å². The number of aromatic nitrogens is 2. The third-order valence-corrected chi connectivity index (χ3v) is 4.12. The first-order chi connectivity index (χ1) is 9.05. The van der Waals surface area contributed by atoms with Crippen molar-refractivity contribution in [1.82, 2.24) is 10.1 Å². The quantitative estimate of drug-likeness (QED) is 0.888. The van der Waals surface area contributed by atoms with E-state index in [2.05, 4.69) is 17.1 Å². The number of nitrogens with zero attached hydrogens (tertiary/aromatic N) is 2. The fourth-order valence-electron chi connectivity index (χ4n) is 2.62. The van der Waals surface area contributed by atoms with Gasteiger partial charge in [0.1, 0.15) is 5.60 Å². The molecule has 1 fully saturated rings. The molecule has 1 atom stereocenters. The maximum Gasteiger partial charge on any atom is 0.226 e. The van der Waals surface area contributed by atoms with Crippen LogP contribution in [0.25, 0.3) is 0 Å². The van der Waals surface area contributed by atoms with Crippen LogP contribution in [0.5, 0.6) is 0 Å². The molecule has 5 nitrogen and oxygen atoms in total. The summed E-state index contributed by atoms with van der Waals surface area (Å²) in [5.74, 6) is 2.00. The molecule has 0 bridgehead atoms. The fourth-order valence-corrected chi connectivity index (χ4v) is 2.62. The Kier molecular flexibility index (Phi) is 4.58. The molecule has 19 heavy (non-hydrogen) atoms. The van der Waals surface area contributed by atoms with Crippen LogP contribution in [0.2, 0.25) is 0 Å². The largest absolute Gasteiger partial charge is 0.393 e. The number of ether oxygens (including phenoxy) is 1. The summed E-state index contributed by atoms with van der Waals surface area (Å²) in [7, 11) is 1.72. The molecule has 0 spiro atoms. The molecule has 1 aliphatic carbocycles. The highest BCUT2D eigenvalue weighted by atomic mass is 16.5. The summed E-state index contributed by atoms with van der Waals surface area (Å²) in [5.41, 5.74) is -0.376. The first-order valence-electron chi connectivity index (χ1n) is 7.12. The lowest BCUT2D eigenvalue weighted by molar-refractivity contribution is -0.0609. The zero-order valence-electron chi connectivity index (χ0n) is 12.1. The SMILES string of the molecule is COC1(c2noc(CCC(C)O)n2)CCC(C)CC1. The van der Waals surface area contributed by atoms with E-state index in [1.165, 1.54) is 0 Å².